The third kappa shape index (κ3) is 3.69. The van der Waals surface area contributed by atoms with Gasteiger partial charge in [-0.2, -0.15) is 0 Å². The molecule has 0 radical (unpaired) electrons. The van der Waals surface area contributed by atoms with Gasteiger partial charge in [-0.05, 0) is 55.4 Å². The molecule has 0 aromatic rings. The SMILES string of the molecule is COCCC(C)(C)CNCC1CC2CCC1C2. The first kappa shape index (κ1) is 13.4. The molecule has 0 heterocycles. The van der Waals surface area contributed by atoms with Crippen LogP contribution >= 0.6 is 0 Å². The van der Waals surface area contributed by atoms with E-state index in [1.165, 1.54) is 32.2 Å². The fourth-order valence-electron chi connectivity index (χ4n) is 3.69. The lowest BCUT2D eigenvalue weighted by molar-refractivity contribution is 0.149. The minimum absolute atomic E-state index is 0.369. The van der Waals surface area contributed by atoms with Crippen molar-refractivity contribution in [3.8, 4) is 0 Å². The van der Waals surface area contributed by atoms with E-state index >= 15 is 0 Å². The van der Waals surface area contributed by atoms with Crippen LogP contribution in [0.3, 0.4) is 0 Å². The lowest BCUT2D eigenvalue weighted by Gasteiger charge is -2.27. The van der Waals surface area contributed by atoms with Crippen LogP contribution in [0.25, 0.3) is 0 Å². The third-order valence-electron chi connectivity index (χ3n) is 4.88. The molecule has 2 fully saturated rings. The third-order valence-corrected chi connectivity index (χ3v) is 4.88. The van der Waals surface area contributed by atoms with Crippen LogP contribution < -0.4 is 5.32 Å². The van der Waals surface area contributed by atoms with Crippen molar-refractivity contribution in [2.75, 3.05) is 26.8 Å². The molecule has 0 amide bonds. The van der Waals surface area contributed by atoms with Crippen LogP contribution in [0.2, 0.25) is 0 Å². The first-order chi connectivity index (χ1) is 8.11. The first-order valence-corrected chi connectivity index (χ1v) is 7.30. The van der Waals surface area contributed by atoms with E-state index in [1.54, 1.807) is 7.11 Å². The quantitative estimate of drug-likeness (QED) is 0.737. The largest absolute Gasteiger partial charge is 0.385 e. The van der Waals surface area contributed by atoms with Crippen molar-refractivity contribution in [2.45, 2.75) is 46.0 Å². The van der Waals surface area contributed by atoms with Gasteiger partial charge in [0.05, 0.1) is 0 Å². The van der Waals surface area contributed by atoms with Crippen LogP contribution in [-0.2, 0) is 4.74 Å². The van der Waals surface area contributed by atoms with Crippen LogP contribution in [0.5, 0.6) is 0 Å². The highest BCUT2D eigenvalue weighted by Gasteiger charge is 2.39. The maximum absolute atomic E-state index is 5.17. The summed E-state index contributed by atoms with van der Waals surface area (Å²) in [5, 5.41) is 3.71. The summed E-state index contributed by atoms with van der Waals surface area (Å²) in [6.07, 6.45) is 7.19. The normalized spacial score (nSPS) is 32.3. The second-order valence-corrected chi connectivity index (χ2v) is 6.97. The van der Waals surface area contributed by atoms with Gasteiger partial charge in [-0.15, -0.1) is 0 Å². The summed E-state index contributed by atoms with van der Waals surface area (Å²) in [6, 6.07) is 0. The minimum atomic E-state index is 0.369. The molecule has 2 aliphatic rings. The van der Waals surface area contributed by atoms with Crippen molar-refractivity contribution in [3.63, 3.8) is 0 Å². The summed E-state index contributed by atoms with van der Waals surface area (Å²) in [7, 11) is 1.79. The van der Waals surface area contributed by atoms with E-state index in [9.17, 15) is 0 Å². The highest BCUT2D eigenvalue weighted by atomic mass is 16.5. The molecule has 2 nitrogen and oxygen atoms in total. The second kappa shape index (κ2) is 5.71. The molecule has 2 rings (SSSR count). The van der Waals surface area contributed by atoms with E-state index in [4.69, 9.17) is 4.74 Å². The number of nitrogens with one attached hydrogen (secondary N) is 1. The number of rotatable bonds is 7. The topological polar surface area (TPSA) is 21.3 Å². The molecule has 1 N–H and O–H groups in total. The zero-order valence-corrected chi connectivity index (χ0v) is 11.8. The summed E-state index contributed by atoms with van der Waals surface area (Å²) < 4.78 is 5.17. The van der Waals surface area contributed by atoms with E-state index in [-0.39, 0.29) is 0 Å². The van der Waals surface area contributed by atoms with Gasteiger partial charge in [-0.3, -0.25) is 0 Å². The molecule has 0 saturated heterocycles. The fourth-order valence-corrected chi connectivity index (χ4v) is 3.69. The smallest absolute Gasteiger partial charge is 0.0467 e. The van der Waals surface area contributed by atoms with E-state index in [0.29, 0.717) is 5.41 Å². The molecule has 0 aromatic carbocycles. The molecule has 0 aliphatic heterocycles. The maximum Gasteiger partial charge on any atom is 0.0467 e. The van der Waals surface area contributed by atoms with Crippen molar-refractivity contribution in [1.29, 1.82) is 0 Å². The monoisotopic (exact) mass is 239 g/mol. The Kier molecular flexibility index (Phi) is 4.48. The Morgan fingerprint density at radius 2 is 2.06 bits per heavy atom. The molecular weight excluding hydrogens is 210 g/mol. The van der Waals surface area contributed by atoms with Gasteiger partial charge in [0.2, 0.25) is 0 Å². The van der Waals surface area contributed by atoms with Crippen molar-refractivity contribution in [2.24, 2.45) is 23.2 Å². The van der Waals surface area contributed by atoms with Crippen molar-refractivity contribution in [1.82, 2.24) is 5.32 Å². The number of ether oxygens (including phenoxy) is 1. The second-order valence-electron chi connectivity index (χ2n) is 6.97. The molecule has 3 unspecified atom stereocenters. The fraction of sp³-hybridized carbons (Fsp3) is 1.00. The van der Waals surface area contributed by atoms with Gasteiger partial charge in [0.25, 0.3) is 0 Å². The first-order valence-electron chi connectivity index (χ1n) is 7.30. The summed E-state index contributed by atoms with van der Waals surface area (Å²) in [4.78, 5) is 0. The number of methoxy groups -OCH3 is 1. The van der Waals surface area contributed by atoms with Gasteiger partial charge >= 0.3 is 0 Å². The Morgan fingerprint density at radius 3 is 2.65 bits per heavy atom. The van der Waals surface area contributed by atoms with Crippen molar-refractivity contribution in [3.05, 3.63) is 0 Å². The number of hydrogen-bond donors (Lipinski definition) is 1. The lowest BCUT2D eigenvalue weighted by atomic mass is 9.87. The zero-order valence-electron chi connectivity index (χ0n) is 11.8. The predicted molar refractivity (Wildman–Crippen MR) is 72.1 cm³/mol. The molecule has 3 atom stereocenters. The van der Waals surface area contributed by atoms with Crippen molar-refractivity contribution >= 4 is 0 Å². The molecule has 2 heteroatoms. The zero-order chi connectivity index (χ0) is 12.3. The van der Waals surface area contributed by atoms with Crippen LogP contribution in [0.4, 0.5) is 0 Å². The van der Waals surface area contributed by atoms with Gasteiger partial charge in [0.15, 0.2) is 0 Å². The highest BCUT2D eigenvalue weighted by molar-refractivity contribution is 4.91. The van der Waals surface area contributed by atoms with Crippen LogP contribution in [0.1, 0.15) is 46.0 Å². The van der Waals surface area contributed by atoms with Gasteiger partial charge in [0.1, 0.15) is 0 Å². The standard InChI is InChI=1S/C15H29NO/c1-15(2,6-7-17-3)11-16-10-14-9-12-4-5-13(14)8-12/h12-14,16H,4-11H2,1-3H3. The molecule has 17 heavy (non-hydrogen) atoms. The maximum atomic E-state index is 5.17. The Hall–Kier alpha value is -0.0800. The van der Waals surface area contributed by atoms with Gasteiger partial charge in [0, 0.05) is 20.3 Å². The Balaban J connectivity index is 1.62. The molecule has 0 aromatic heterocycles. The van der Waals surface area contributed by atoms with E-state index in [0.717, 1.165) is 37.3 Å². The number of fused-ring (bicyclic) bond motifs is 2. The Labute approximate surface area is 107 Å². The van der Waals surface area contributed by atoms with Gasteiger partial charge < -0.3 is 10.1 Å². The van der Waals surface area contributed by atoms with E-state index in [2.05, 4.69) is 19.2 Å². The molecular formula is C15H29NO. The van der Waals surface area contributed by atoms with Crippen LogP contribution in [0, 0.1) is 23.2 Å². The molecule has 2 saturated carbocycles. The summed E-state index contributed by atoms with van der Waals surface area (Å²) >= 11 is 0. The molecule has 2 bridgehead atoms. The van der Waals surface area contributed by atoms with E-state index < -0.39 is 0 Å². The molecule has 2 aliphatic carbocycles. The van der Waals surface area contributed by atoms with Crippen molar-refractivity contribution < 1.29 is 4.74 Å². The average Bonchev–Trinajstić information content (AvgIpc) is 2.88. The van der Waals surface area contributed by atoms with Crippen LogP contribution in [0.15, 0.2) is 0 Å². The summed E-state index contributed by atoms with van der Waals surface area (Å²) in [6.45, 7) is 7.92. The molecule has 100 valence electrons. The Bertz CT molecular complexity index is 239. The molecule has 0 spiro atoms. The van der Waals surface area contributed by atoms with Gasteiger partial charge in [-0.1, -0.05) is 20.3 Å². The summed E-state index contributed by atoms with van der Waals surface area (Å²) in [5.41, 5.74) is 0.369. The summed E-state index contributed by atoms with van der Waals surface area (Å²) in [5.74, 6) is 3.11. The van der Waals surface area contributed by atoms with Gasteiger partial charge in [-0.25, -0.2) is 0 Å². The average molecular weight is 239 g/mol. The Morgan fingerprint density at radius 1 is 1.24 bits per heavy atom. The predicted octanol–water partition coefficient (Wildman–Crippen LogP) is 3.07. The minimum Gasteiger partial charge on any atom is -0.385 e. The highest BCUT2D eigenvalue weighted by Crippen LogP contribution is 2.47. The van der Waals surface area contributed by atoms with Crippen LogP contribution in [-0.4, -0.2) is 26.8 Å². The van der Waals surface area contributed by atoms with E-state index in [1.807, 2.05) is 0 Å². The lowest BCUT2D eigenvalue weighted by Crippen LogP contribution is -2.34. The number of hydrogen-bond acceptors (Lipinski definition) is 2.